The molecule has 0 aliphatic carbocycles. The minimum atomic E-state index is -1.09. The van der Waals surface area contributed by atoms with Crippen LogP contribution in [0.3, 0.4) is 0 Å². The molecule has 0 aromatic heterocycles. The van der Waals surface area contributed by atoms with Crippen molar-refractivity contribution in [2.75, 3.05) is 11.9 Å². The van der Waals surface area contributed by atoms with E-state index in [1.165, 1.54) is 39.9 Å². The molecule has 4 aliphatic rings. The number of phenolic OH excluding ortho intramolecular Hbond substituents is 1. The Morgan fingerprint density at radius 2 is 1.83 bits per heavy atom. The van der Waals surface area contributed by atoms with Crippen LogP contribution in [-0.2, 0) is 20.8 Å². The first-order chi connectivity index (χ1) is 19.9. The van der Waals surface area contributed by atoms with Crippen molar-refractivity contribution in [3.05, 3.63) is 59.2 Å². The molecule has 14 heteroatoms. The number of β-lactam (4-membered cyclic amide) rings is 1. The number of carboxylic acid groups (broad SMARTS) is 1. The number of amides is 6. The van der Waals surface area contributed by atoms with Crippen LogP contribution in [0.5, 0.6) is 5.75 Å². The molecule has 42 heavy (non-hydrogen) atoms. The summed E-state index contributed by atoms with van der Waals surface area (Å²) in [6.45, 7) is 5.65. The molecule has 0 saturated carbocycles. The first-order valence-electron chi connectivity index (χ1n) is 13.4. The Morgan fingerprint density at radius 3 is 2.52 bits per heavy atom. The zero-order chi connectivity index (χ0) is 30.1. The summed E-state index contributed by atoms with van der Waals surface area (Å²) in [6.07, 6.45) is -0.156. The Hall–Kier alpha value is -4.30. The number of rotatable bonds is 6. The van der Waals surface area contributed by atoms with Gasteiger partial charge in [0.05, 0.1) is 30.7 Å². The van der Waals surface area contributed by atoms with Gasteiger partial charge in [0.2, 0.25) is 11.8 Å². The number of thioether (sulfide) groups is 1. The molecule has 0 radical (unpaired) electrons. The van der Waals surface area contributed by atoms with E-state index in [0.717, 1.165) is 16.0 Å². The maximum atomic E-state index is 13.0. The fraction of sp³-hybridized carbons (Fsp3) is 0.393. The lowest BCUT2D eigenvalue weighted by Crippen LogP contribution is -2.70. The molecule has 4 fully saturated rings. The van der Waals surface area contributed by atoms with Crippen molar-refractivity contribution in [1.82, 2.24) is 25.6 Å². The fourth-order valence-corrected chi connectivity index (χ4v) is 7.57. The number of nitrogens with zero attached hydrogens (tertiary/aromatic N) is 3. The Labute approximate surface area is 245 Å². The first-order valence-corrected chi connectivity index (χ1v) is 14.3. The van der Waals surface area contributed by atoms with Crippen molar-refractivity contribution in [2.24, 2.45) is 0 Å². The maximum Gasteiger partial charge on any atom is 0.342 e. The van der Waals surface area contributed by atoms with E-state index in [2.05, 4.69) is 16.1 Å². The average Bonchev–Trinajstić information content (AvgIpc) is 3.32. The highest BCUT2D eigenvalue weighted by molar-refractivity contribution is 8.01. The summed E-state index contributed by atoms with van der Waals surface area (Å²) in [5.74, 6) is -2.25. The van der Waals surface area contributed by atoms with Gasteiger partial charge in [-0.05, 0) is 44.0 Å². The van der Waals surface area contributed by atoms with Gasteiger partial charge in [-0.25, -0.2) is 24.7 Å². The van der Waals surface area contributed by atoms with E-state index in [1.807, 2.05) is 31.2 Å². The van der Waals surface area contributed by atoms with Crippen LogP contribution in [0.1, 0.15) is 36.6 Å². The predicted molar refractivity (Wildman–Crippen MR) is 151 cm³/mol. The topological polar surface area (TPSA) is 172 Å². The van der Waals surface area contributed by atoms with Gasteiger partial charge >= 0.3 is 18.0 Å². The number of phenols is 1. The SMILES string of the molecule is Cc1ccc(C2NN3C(=O)N(C(=O)Nc4cc(CC(=O)N[C@@H]5C(=O)N6[C@@H]5SC(C)(C)[C@@H]6C(=O)O)ccc4O)CC23)cc1. The zero-order valence-electron chi connectivity index (χ0n) is 23.0. The largest absolute Gasteiger partial charge is 0.506 e. The number of benzene rings is 2. The highest BCUT2D eigenvalue weighted by Crippen LogP contribution is 2.50. The number of fused-ring (bicyclic) bond motifs is 2. The number of carbonyl (C=O) groups is 5. The number of hydrazine groups is 1. The number of urea groups is 2. The monoisotopic (exact) mass is 594 g/mol. The zero-order valence-corrected chi connectivity index (χ0v) is 23.8. The van der Waals surface area contributed by atoms with Crippen molar-refractivity contribution in [1.29, 1.82) is 0 Å². The summed E-state index contributed by atoms with van der Waals surface area (Å²) in [5, 5.41) is 26.1. The average molecular weight is 595 g/mol. The van der Waals surface area contributed by atoms with Crippen LogP contribution >= 0.6 is 11.8 Å². The summed E-state index contributed by atoms with van der Waals surface area (Å²) in [4.78, 5) is 65.4. The van der Waals surface area contributed by atoms with Crippen molar-refractivity contribution in [3.8, 4) is 5.75 Å². The van der Waals surface area contributed by atoms with E-state index in [0.29, 0.717) is 5.56 Å². The summed E-state index contributed by atoms with van der Waals surface area (Å²) < 4.78 is -0.708. The first kappa shape index (κ1) is 27.8. The van der Waals surface area contributed by atoms with Gasteiger partial charge in [0, 0.05) is 4.75 Å². The Morgan fingerprint density at radius 1 is 1.12 bits per heavy atom. The van der Waals surface area contributed by atoms with Gasteiger partial charge < -0.3 is 25.7 Å². The molecule has 4 aliphatic heterocycles. The lowest BCUT2D eigenvalue weighted by atomic mass is 9.96. The number of nitrogens with one attached hydrogen (secondary N) is 3. The van der Waals surface area contributed by atoms with Gasteiger partial charge in [0.15, 0.2) is 0 Å². The number of anilines is 1. The third-order valence-electron chi connectivity index (χ3n) is 8.14. The lowest BCUT2D eigenvalue weighted by Gasteiger charge is -2.43. The van der Waals surface area contributed by atoms with E-state index in [4.69, 9.17) is 0 Å². The molecule has 2 unspecified atom stereocenters. The number of aliphatic carboxylic acids is 1. The molecule has 2 aromatic carbocycles. The molecule has 6 amide bonds. The van der Waals surface area contributed by atoms with E-state index in [-0.39, 0.29) is 36.5 Å². The van der Waals surface area contributed by atoms with Crippen molar-refractivity contribution in [2.45, 2.75) is 61.5 Å². The van der Waals surface area contributed by atoms with Gasteiger partial charge in [-0.2, -0.15) is 0 Å². The number of aromatic hydroxyl groups is 1. The molecule has 2 aromatic rings. The molecule has 5 atom stereocenters. The molecule has 5 N–H and O–H groups in total. The highest BCUT2D eigenvalue weighted by Gasteiger charge is 2.64. The summed E-state index contributed by atoms with van der Waals surface area (Å²) >= 11 is 1.33. The molecule has 13 nitrogen and oxygen atoms in total. The van der Waals surface area contributed by atoms with Crippen molar-refractivity contribution >= 4 is 47.3 Å². The van der Waals surface area contributed by atoms with E-state index >= 15 is 0 Å². The summed E-state index contributed by atoms with van der Waals surface area (Å²) in [6, 6.07) is 8.82. The minimum Gasteiger partial charge on any atom is -0.506 e. The molecule has 4 heterocycles. The van der Waals surface area contributed by atoms with Gasteiger partial charge in [-0.3, -0.25) is 14.6 Å². The van der Waals surface area contributed by atoms with E-state index < -0.39 is 52.1 Å². The lowest BCUT2D eigenvalue weighted by molar-refractivity contribution is -0.161. The van der Waals surface area contributed by atoms with Gasteiger partial charge in [0.1, 0.15) is 23.2 Å². The van der Waals surface area contributed by atoms with Gasteiger partial charge in [0.25, 0.3) is 0 Å². The van der Waals surface area contributed by atoms with E-state index in [1.54, 1.807) is 13.8 Å². The van der Waals surface area contributed by atoms with Crippen LogP contribution < -0.4 is 16.1 Å². The van der Waals surface area contributed by atoms with E-state index in [9.17, 15) is 34.2 Å². The number of carboxylic acids is 1. The van der Waals surface area contributed by atoms with Crippen LogP contribution in [0.2, 0.25) is 0 Å². The number of hydrogen-bond donors (Lipinski definition) is 5. The second kappa shape index (κ2) is 9.91. The number of hydrogen-bond acceptors (Lipinski definition) is 8. The van der Waals surface area contributed by atoms with Crippen molar-refractivity contribution < 1.29 is 34.2 Å². The van der Waals surface area contributed by atoms with Crippen LogP contribution in [0.25, 0.3) is 0 Å². The van der Waals surface area contributed by atoms with Gasteiger partial charge in [-0.15, -0.1) is 11.8 Å². The van der Waals surface area contributed by atoms with Crippen molar-refractivity contribution in [3.63, 3.8) is 0 Å². The fourth-order valence-electron chi connectivity index (χ4n) is 5.95. The molecule has 6 rings (SSSR count). The van der Waals surface area contributed by atoms with Crippen LogP contribution in [0.15, 0.2) is 42.5 Å². The minimum absolute atomic E-state index is 0.0266. The second-order valence-corrected chi connectivity index (χ2v) is 13.2. The Kier molecular flexibility index (Phi) is 6.57. The molecule has 220 valence electrons. The quantitative estimate of drug-likeness (QED) is 0.247. The standard InChI is InChI=1S/C28H30N6O7S/c1-13-4-7-15(8-5-13)20-17-12-32(27(41)34(17)31-20)26(40)29-16-10-14(6-9-18(16)35)11-19(36)30-21-23(37)33-22(25(38)39)28(2,3)42-24(21)33/h4-10,17,20-22,24,31,35H,11-12H2,1-3H3,(H,29,40)(H,30,36)(H,38,39)/t17?,20?,21-,22+,24-/m1/s1. The molecular formula is C28H30N6O7S. The maximum absolute atomic E-state index is 13.0. The third-order valence-corrected chi connectivity index (χ3v) is 9.71. The Bertz CT molecular complexity index is 1510. The summed E-state index contributed by atoms with van der Waals surface area (Å²) in [5.41, 5.74) is 5.68. The normalized spacial score (nSPS) is 27.1. The number of aryl methyl sites for hydroxylation is 1. The van der Waals surface area contributed by atoms with Crippen LogP contribution in [0, 0.1) is 6.92 Å². The van der Waals surface area contributed by atoms with Gasteiger partial charge in [-0.1, -0.05) is 35.9 Å². The predicted octanol–water partition coefficient (Wildman–Crippen LogP) is 1.77. The number of imide groups is 1. The smallest absolute Gasteiger partial charge is 0.342 e. The molecule has 0 bridgehead atoms. The highest BCUT2D eigenvalue weighted by atomic mass is 32.2. The summed E-state index contributed by atoms with van der Waals surface area (Å²) in [7, 11) is 0. The molecule has 4 saturated heterocycles. The Balaban J connectivity index is 1.07. The third kappa shape index (κ3) is 4.50. The van der Waals surface area contributed by atoms with Crippen LogP contribution in [0.4, 0.5) is 15.3 Å². The molecular weight excluding hydrogens is 564 g/mol. The van der Waals surface area contributed by atoms with Crippen LogP contribution in [-0.4, -0.2) is 89.7 Å². The molecule has 0 spiro atoms. The number of carbonyl (C=O) groups excluding carboxylic acids is 4. The second-order valence-electron chi connectivity index (χ2n) is 11.4.